The number of aromatic nitrogens is 1. The fourth-order valence-corrected chi connectivity index (χ4v) is 3.12. The fourth-order valence-electron chi connectivity index (χ4n) is 3.12. The molecule has 0 fully saturated rings. The van der Waals surface area contributed by atoms with Crippen molar-refractivity contribution in [3.05, 3.63) is 59.0 Å². The lowest BCUT2D eigenvalue weighted by atomic mass is 10.1. The number of ether oxygens (including phenoxy) is 2. The Balaban J connectivity index is 1.45. The monoisotopic (exact) mass is 340 g/mol. The molecule has 0 saturated heterocycles. The quantitative estimate of drug-likeness (QED) is 0.766. The molecular formula is C19H17FN2O3. The predicted molar refractivity (Wildman–Crippen MR) is 91.6 cm³/mol. The van der Waals surface area contributed by atoms with E-state index in [9.17, 15) is 9.18 Å². The van der Waals surface area contributed by atoms with Crippen LogP contribution in [0.5, 0.6) is 11.5 Å². The highest BCUT2D eigenvalue weighted by molar-refractivity contribution is 5.95. The molecule has 6 heteroatoms. The molecule has 1 amide bonds. The van der Waals surface area contributed by atoms with Crippen LogP contribution in [-0.2, 0) is 6.42 Å². The van der Waals surface area contributed by atoms with Crippen LogP contribution >= 0.6 is 0 Å². The van der Waals surface area contributed by atoms with Gasteiger partial charge in [0, 0.05) is 28.7 Å². The molecule has 0 aliphatic carbocycles. The van der Waals surface area contributed by atoms with Gasteiger partial charge in [-0.3, -0.25) is 4.79 Å². The normalized spacial score (nSPS) is 12.6. The Morgan fingerprint density at radius 3 is 2.92 bits per heavy atom. The number of carbonyl (C=O) groups excluding carboxylic acids is 1. The Kier molecular flexibility index (Phi) is 3.80. The fraction of sp³-hybridized carbons (Fsp3) is 0.211. The van der Waals surface area contributed by atoms with Gasteiger partial charge in [0.15, 0.2) is 11.5 Å². The second-order valence-corrected chi connectivity index (χ2v) is 5.99. The standard InChI is InChI=1S/C19H17FN2O3/c1-11-14(15-9-13(20)3-4-16(15)22-11)6-7-21-19(23)12-2-5-17-18(8-12)25-10-24-17/h2-5,8-9,22H,6-7,10H2,1H3,(H,21,23). The van der Waals surface area contributed by atoms with E-state index in [0.29, 0.717) is 30.0 Å². The van der Waals surface area contributed by atoms with E-state index >= 15 is 0 Å². The molecule has 0 bridgehead atoms. The first kappa shape index (κ1) is 15.5. The SMILES string of the molecule is Cc1[nH]c2ccc(F)cc2c1CCNC(=O)c1ccc2c(c1)OCO2. The number of hydrogen-bond acceptors (Lipinski definition) is 3. The van der Waals surface area contributed by atoms with Crippen LogP contribution in [0.4, 0.5) is 4.39 Å². The van der Waals surface area contributed by atoms with Gasteiger partial charge in [0.05, 0.1) is 0 Å². The maximum absolute atomic E-state index is 13.5. The molecule has 3 aromatic rings. The summed E-state index contributed by atoms with van der Waals surface area (Å²) in [6, 6.07) is 9.78. The molecule has 0 saturated carbocycles. The van der Waals surface area contributed by atoms with Gasteiger partial charge in [-0.25, -0.2) is 4.39 Å². The van der Waals surface area contributed by atoms with Gasteiger partial charge in [0.25, 0.3) is 5.91 Å². The average molecular weight is 340 g/mol. The van der Waals surface area contributed by atoms with E-state index in [0.717, 1.165) is 22.2 Å². The number of benzene rings is 2. The van der Waals surface area contributed by atoms with Gasteiger partial charge in [-0.1, -0.05) is 0 Å². The number of aryl methyl sites for hydroxylation is 1. The van der Waals surface area contributed by atoms with Gasteiger partial charge >= 0.3 is 0 Å². The highest BCUT2D eigenvalue weighted by Gasteiger charge is 2.16. The lowest BCUT2D eigenvalue weighted by Gasteiger charge is -2.07. The van der Waals surface area contributed by atoms with Crippen molar-refractivity contribution in [2.24, 2.45) is 0 Å². The van der Waals surface area contributed by atoms with Crippen molar-refractivity contribution < 1.29 is 18.7 Å². The van der Waals surface area contributed by atoms with Crippen LogP contribution < -0.4 is 14.8 Å². The van der Waals surface area contributed by atoms with Crippen molar-refractivity contribution in [1.29, 1.82) is 0 Å². The van der Waals surface area contributed by atoms with Gasteiger partial charge in [0.1, 0.15) is 5.82 Å². The summed E-state index contributed by atoms with van der Waals surface area (Å²) in [5.41, 5.74) is 3.42. The molecule has 4 rings (SSSR count). The number of amides is 1. The summed E-state index contributed by atoms with van der Waals surface area (Å²) in [5, 5.41) is 3.75. The number of halogens is 1. The minimum Gasteiger partial charge on any atom is -0.454 e. The minimum absolute atomic E-state index is 0.177. The van der Waals surface area contributed by atoms with Crippen molar-refractivity contribution >= 4 is 16.8 Å². The largest absolute Gasteiger partial charge is 0.454 e. The topological polar surface area (TPSA) is 63.4 Å². The van der Waals surface area contributed by atoms with Crippen molar-refractivity contribution in [3.8, 4) is 11.5 Å². The number of nitrogens with one attached hydrogen (secondary N) is 2. The Hall–Kier alpha value is -3.02. The number of H-pyrrole nitrogens is 1. The molecule has 128 valence electrons. The first-order chi connectivity index (χ1) is 12.1. The number of fused-ring (bicyclic) bond motifs is 2. The van der Waals surface area contributed by atoms with Gasteiger partial charge in [-0.2, -0.15) is 0 Å². The van der Waals surface area contributed by atoms with E-state index in [1.165, 1.54) is 12.1 Å². The smallest absolute Gasteiger partial charge is 0.251 e. The summed E-state index contributed by atoms with van der Waals surface area (Å²) in [7, 11) is 0. The van der Waals surface area contributed by atoms with Crippen LogP contribution in [0.3, 0.4) is 0 Å². The molecule has 2 aromatic carbocycles. The highest BCUT2D eigenvalue weighted by atomic mass is 19.1. The average Bonchev–Trinajstić information content (AvgIpc) is 3.18. The van der Waals surface area contributed by atoms with E-state index in [1.807, 2.05) is 6.92 Å². The Labute approximate surface area is 143 Å². The molecule has 0 unspecified atom stereocenters. The van der Waals surface area contributed by atoms with Crippen LogP contribution in [-0.4, -0.2) is 24.2 Å². The summed E-state index contributed by atoms with van der Waals surface area (Å²) in [4.78, 5) is 15.5. The van der Waals surface area contributed by atoms with Gasteiger partial charge < -0.3 is 19.8 Å². The number of hydrogen-bond donors (Lipinski definition) is 2. The van der Waals surface area contributed by atoms with Crippen LogP contribution in [0.25, 0.3) is 10.9 Å². The zero-order valence-corrected chi connectivity index (χ0v) is 13.7. The van der Waals surface area contributed by atoms with Crippen molar-refractivity contribution in [2.75, 3.05) is 13.3 Å². The van der Waals surface area contributed by atoms with Gasteiger partial charge in [-0.15, -0.1) is 0 Å². The molecule has 0 spiro atoms. The first-order valence-corrected chi connectivity index (χ1v) is 8.06. The summed E-state index contributed by atoms with van der Waals surface area (Å²) in [5.74, 6) is 0.780. The highest BCUT2D eigenvalue weighted by Crippen LogP contribution is 2.32. The zero-order chi connectivity index (χ0) is 17.4. The zero-order valence-electron chi connectivity index (χ0n) is 13.7. The molecule has 5 nitrogen and oxygen atoms in total. The first-order valence-electron chi connectivity index (χ1n) is 8.06. The maximum Gasteiger partial charge on any atom is 0.251 e. The van der Waals surface area contributed by atoms with Crippen molar-refractivity contribution in [3.63, 3.8) is 0 Å². The van der Waals surface area contributed by atoms with E-state index in [-0.39, 0.29) is 18.5 Å². The molecule has 2 N–H and O–H groups in total. The van der Waals surface area contributed by atoms with E-state index in [1.54, 1.807) is 24.3 Å². The van der Waals surface area contributed by atoms with Crippen LogP contribution in [0.15, 0.2) is 36.4 Å². The van der Waals surface area contributed by atoms with Crippen LogP contribution in [0, 0.1) is 12.7 Å². The van der Waals surface area contributed by atoms with E-state index < -0.39 is 0 Å². The Morgan fingerprint density at radius 2 is 2.04 bits per heavy atom. The minimum atomic E-state index is -0.267. The van der Waals surface area contributed by atoms with Crippen LogP contribution in [0.2, 0.25) is 0 Å². The summed E-state index contributed by atoms with van der Waals surface area (Å²) >= 11 is 0. The molecule has 1 aromatic heterocycles. The van der Waals surface area contributed by atoms with Gasteiger partial charge in [0.2, 0.25) is 6.79 Å². The summed E-state index contributed by atoms with van der Waals surface area (Å²) < 4.78 is 24.0. The summed E-state index contributed by atoms with van der Waals surface area (Å²) in [6.45, 7) is 2.58. The Morgan fingerprint density at radius 1 is 1.20 bits per heavy atom. The molecular weight excluding hydrogens is 323 g/mol. The number of rotatable bonds is 4. The second kappa shape index (κ2) is 6.12. The summed E-state index contributed by atoms with van der Waals surface area (Å²) in [6.07, 6.45) is 0.617. The van der Waals surface area contributed by atoms with Crippen LogP contribution in [0.1, 0.15) is 21.6 Å². The molecule has 0 radical (unpaired) electrons. The van der Waals surface area contributed by atoms with Crippen molar-refractivity contribution in [1.82, 2.24) is 10.3 Å². The molecule has 1 aliphatic heterocycles. The van der Waals surface area contributed by atoms with Crippen molar-refractivity contribution in [2.45, 2.75) is 13.3 Å². The number of aromatic amines is 1. The molecule has 1 aliphatic rings. The number of carbonyl (C=O) groups is 1. The van der Waals surface area contributed by atoms with Gasteiger partial charge in [-0.05, 0) is 55.3 Å². The third-order valence-corrected chi connectivity index (χ3v) is 4.38. The third kappa shape index (κ3) is 2.91. The maximum atomic E-state index is 13.5. The molecule has 25 heavy (non-hydrogen) atoms. The predicted octanol–water partition coefficient (Wildman–Crippen LogP) is 3.32. The third-order valence-electron chi connectivity index (χ3n) is 4.38. The molecule has 0 atom stereocenters. The lowest BCUT2D eigenvalue weighted by Crippen LogP contribution is -2.25. The molecule has 2 heterocycles. The second-order valence-electron chi connectivity index (χ2n) is 5.99. The lowest BCUT2D eigenvalue weighted by molar-refractivity contribution is 0.0953. The van der Waals surface area contributed by atoms with E-state index in [4.69, 9.17) is 9.47 Å². The Bertz CT molecular complexity index is 965. The van der Waals surface area contributed by atoms with E-state index in [2.05, 4.69) is 10.3 Å².